The van der Waals surface area contributed by atoms with Crippen LogP contribution in [-0.4, -0.2) is 11.1 Å². The molecule has 0 aliphatic heterocycles. The van der Waals surface area contributed by atoms with Crippen molar-refractivity contribution in [2.24, 2.45) is 0 Å². The maximum absolute atomic E-state index is 12.1. The summed E-state index contributed by atoms with van der Waals surface area (Å²) in [5.74, 6) is 0. The third-order valence-electron chi connectivity index (χ3n) is 4.11. The number of pyridine rings is 1. The number of carbonyl (C=O) groups excluding carboxylic acids is 1. The number of nitrogens with one attached hydrogen (secondary N) is 1. The van der Waals surface area contributed by atoms with Gasteiger partial charge < -0.3 is 4.74 Å². The quantitative estimate of drug-likeness (QED) is 0.709. The van der Waals surface area contributed by atoms with Crippen molar-refractivity contribution < 1.29 is 9.53 Å². The highest BCUT2D eigenvalue weighted by atomic mass is 16.5. The van der Waals surface area contributed by atoms with Crippen molar-refractivity contribution in [1.82, 2.24) is 4.98 Å². The summed E-state index contributed by atoms with van der Waals surface area (Å²) >= 11 is 0. The fraction of sp³-hybridized carbons (Fsp3) is 0.238. The lowest BCUT2D eigenvalue weighted by Crippen LogP contribution is -2.14. The highest BCUT2D eigenvalue weighted by Crippen LogP contribution is 2.23. The topological polar surface area (TPSA) is 51.2 Å². The lowest BCUT2D eigenvalue weighted by molar-refractivity contribution is 0.155. The number of hydrogen-bond acceptors (Lipinski definition) is 3. The van der Waals surface area contributed by atoms with Gasteiger partial charge in [-0.1, -0.05) is 57.2 Å². The lowest BCUT2D eigenvalue weighted by Gasteiger charge is -2.19. The van der Waals surface area contributed by atoms with Gasteiger partial charge in [0.1, 0.15) is 6.61 Å². The number of hydrogen-bond donors (Lipinski definition) is 1. The molecule has 25 heavy (non-hydrogen) atoms. The minimum atomic E-state index is -0.468. The molecule has 0 atom stereocenters. The van der Waals surface area contributed by atoms with Crippen LogP contribution in [0.1, 0.15) is 31.9 Å². The van der Waals surface area contributed by atoms with Gasteiger partial charge in [0, 0.05) is 23.2 Å². The Kier molecular flexibility index (Phi) is 4.70. The first-order chi connectivity index (χ1) is 11.9. The standard InChI is InChI=1S/C21H22N2O2/c1-21(2,3)17-9-7-15(8-10-17)14-25-20(24)23-19-6-4-5-16-13-22-12-11-18(16)19/h4-13H,14H2,1-3H3,(H,23,24). The van der Waals surface area contributed by atoms with Gasteiger partial charge in [0.2, 0.25) is 0 Å². The summed E-state index contributed by atoms with van der Waals surface area (Å²) in [6.07, 6.45) is 3.00. The molecule has 0 aliphatic carbocycles. The largest absolute Gasteiger partial charge is 0.444 e. The van der Waals surface area contributed by atoms with E-state index >= 15 is 0 Å². The van der Waals surface area contributed by atoms with E-state index in [2.05, 4.69) is 43.2 Å². The van der Waals surface area contributed by atoms with Gasteiger partial charge in [-0.2, -0.15) is 0 Å². The molecule has 1 heterocycles. The molecule has 128 valence electrons. The van der Waals surface area contributed by atoms with Crippen LogP contribution in [0.25, 0.3) is 10.8 Å². The maximum Gasteiger partial charge on any atom is 0.411 e. The summed E-state index contributed by atoms with van der Waals surface area (Å²) in [7, 11) is 0. The molecule has 4 nitrogen and oxygen atoms in total. The molecule has 0 saturated heterocycles. The minimum absolute atomic E-state index is 0.111. The van der Waals surface area contributed by atoms with Gasteiger partial charge in [0.25, 0.3) is 0 Å². The Balaban J connectivity index is 1.63. The van der Waals surface area contributed by atoms with Crippen molar-refractivity contribution >= 4 is 22.6 Å². The Morgan fingerprint density at radius 2 is 1.84 bits per heavy atom. The summed E-state index contributed by atoms with van der Waals surface area (Å²) < 4.78 is 5.34. The van der Waals surface area contributed by atoms with Crippen LogP contribution < -0.4 is 5.32 Å². The highest BCUT2D eigenvalue weighted by molar-refractivity contribution is 5.99. The fourth-order valence-corrected chi connectivity index (χ4v) is 2.63. The number of ether oxygens (including phenoxy) is 1. The Labute approximate surface area is 147 Å². The zero-order chi connectivity index (χ0) is 17.9. The van der Waals surface area contributed by atoms with Crippen LogP contribution in [0.3, 0.4) is 0 Å². The van der Waals surface area contributed by atoms with Crippen molar-refractivity contribution in [2.75, 3.05) is 5.32 Å². The first-order valence-corrected chi connectivity index (χ1v) is 8.29. The Hall–Kier alpha value is -2.88. The van der Waals surface area contributed by atoms with E-state index in [4.69, 9.17) is 4.74 Å². The average Bonchev–Trinajstić information content (AvgIpc) is 2.60. The van der Waals surface area contributed by atoms with Gasteiger partial charge in [0.05, 0.1) is 5.69 Å². The second-order valence-corrected chi connectivity index (χ2v) is 7.05. The molecule has 0 aliphatic rings. The summed E-state index contributed by atoms with van der Waals surface area (Å²) in [5.41, 5.74) is 3.04. The molecular weight excluding hydrogens is 312 g/mol. The van der Waals surface area contributed by atoms with Gasteiger partial charge in [-0.3, -0.25) is 10.3 Å². The summed E-state index contributed by atoms with van der Waals surface area (Å²) in [5, 5.41) is 4.71. The third kappa shape index (κ3) is 4.15. The number of benzene rings is 2. The van der Waals surface area contributed by atoms with Gasteiger partial charge in [-0.15, -0.1) is 0 Å². The molecule has 0 fully saturated rings. The van der Waals surface area contributed by atoms with Gasteiger partial charge in [-0.05, 0) is 28.7 Å². The van der Waals surface area contributed by atoms with Crippen molar-refractivity contribution in [1.29, 1.82) is 0 Å². The van der Waals surface area contributed by atoms with Crippen molar-refractivity contribution in [2.45, 2.75) is 32.8 Å². The molecule has 0 saturated carbocycles. The van der Waals surface area contributed by atoms with E-state index in [1.165, 1.54) is 5.56 Å². The van der Waals surface area contributed by atoms with Crippen LogP contribution in [0.5, 0.6) is 0 Å². The third-order valence-corrected chi connectivity index (χ3v) is 4.11. The number of fused-ring (bicyclic) bond motifs is 1. The molecule has 0 spiro atoms. The molecule has 0 unspecified atom stereocenters. The Morgan fingerprint density at radius 3 is 2.56 bits per heavy atom. The number of aromatic nitrogens is 1. The SMILES string of the molecule is CC(C)(C)c1ccc(COC(=O)Nc2cccc3cnccc23)cc1. The van der Waals surface area contributed by atoms with Gasteiger partial charge >= 0.3 is 6.09 Å². The number of nitrogens with zero attached hydrogens (tertiary/aromatic N) is 1. The lowest BCUT2D eigenvalue weighted by atomic mass is 9.87. The van der Waals surface area contributed by atoms with Gasteiger partial charge in [-0.25, -0.2) is 4.79 Å². The minimum Gasteiger partial charge on any atom is -0.444 e. The second kappa shape index (κ2) is 6.93. The molecule has 3 aromatic rings. The molecule has 3 rings (SSSR count). The molecule has 0 bridgehead atoms. The summed E-state index contributed by atoms with van der Waals surface area (Å²) in [4.78, 5) is 16.2. The predicted molar refractivity (Wildman–Crippen MR) is 101 cm³/mol. The first-order valence-electron chi connectivity index (χ1n) is 8.29. The zero-order valence-electron chi connectivity index (χ0n) is 14.7. The molecule has 2 aromatic carbocycles. The normalized spacial score (nSPS) is 11.3. The van der Waals surface area contributed by atoms with E-state index < -0.39 is 6.09 Å². The van der Waals surface area contributed by atoms with E-state index in [0.717, 1.165) is 16.3 Å². The highest BCUT2D eigenvalue weighted by Gasteiger charge is 2.13. The number of rotatable bonds is 3. The van der Waals surface area contributed by atoms with Crippen LogP contribution in [-0.2, 0) is 16.8 Å². The molecule has 1 N–H and O–H groups in total. The maximum atomic E-state index is 12.1. The van der Waals surface area contributed by atoms with Gasteiger partial charge in [0.15, 0.2) is 0 Å². The first kappa shape index (κ1) is 17.0. The van der Waals surface area contributed by atoms with Crippen LogP contribution in [0.15, 0.2) is 60.9 Å². The van der Waals surface area contributed by atoms with E-state index in [0.29, 0.717) is 5.69 Å². The van der Waals surface area contributed by atoms with Crippen LogP contribution in [0.2, 0.25) is 0 Å². The van der Waals surface area contributed by atoms with Crippen molar-refractivity contribution in [3.05, 3.63) is 72.1 Å². The average molecular weight is 334 g/mol. The molecule has 1 aromatic heterocycles. The second-order valence-electron chi connectivity index (χ2n) is 7.05. The molecule has 0 radical (unpaired) electrons. The number of anilines is 1. The number of amides is 1. The molecule has 4 heteroatoms. The fourth-order valence-electron chi connectivity index (χ4n) is 2.63. The smallest absolute Gasteiger partial charge is 0.411 e. The van der Waals surface area contributed by atoms with E-state index in [1.807, 2.05) is 36.4 Å². The van der Waals surface area contributed by atoms with E-state index in [1.54, 1.807) is 12.4 Å². The van der Waals surface area contributed by atoms with Crippen LogP contribution in [0.4, 0.5) is 10.5 Å². The predicted octanol–water partition coefficient (Wildman–Crippen LogP) is 5.28. The van der Waals surface area contributed by atoms with E-state index in [9.17, 15) is 4.79 Å². The zero-order valence-corrected chi connectivity index (χ0v) is 14.7. The molecule has 1 amide bonds. The molecular formula is C21H22N2O2. The number of carbonyl (C=O) groups is 1. The van der Waals surface area contributed by atoms with Crippen LogP contribution in [0, 0.1) is 0 Å². The Bertz CT molecular complexity index is 875. The van der Waals surface area contributed by atoms with Crippen molar-refractivity contribution in [3.8, 4) is 0 Å². The van der Waals surface area contributed by atoms with Crippen molar-refractivity contribution in [3.63, 3.8) is 0 Å². The van der Waals surface area contributed by atoms with Crippen LogP contribution >= 0.6 is 0 Å². The Morgan fingerprint density at radius 1 is 1.08 bits per heavy atom. The van der Waals surface area contributed by atoms with E-state index in [-0.39, 0.29) is 12.0 Å². The monoisotopic (exact) mass is 334 g/mol. The summed E-state index contributed by atoms with van der Waals surface area (Å²) in [6, 6.07) is 15.7. The summed E-state index contributed by atoms with van der Waals surface area (Å²) in [6.45, 7) is 6.76.